The van der Waals surface area contributed by atoms with Crippen molar-refractivity contribution in [1.29, 1.82) is 0 Å². The number of esters is 1. The summed E-state index contributed by atoms with van der Waals surface area (Å²) in [6.07, 6.45) is 2.18. The Kier molecular flexibility index (Phi) is 4.63. The van der Waals surface area contributed by atoms with Gasteiger partial charge in [-0.2, -0.15) is 0 Å². The first-order chi connectivity index (χ1) is 8.08. The van der Waals surface area contributed by atoms with Gasteiger partial charge in [-0.1, -0.05) is 0 Å². The summed E-state index contributed by atoms with van der Waals surface area (Å²) in [5.74, 6) is -2.17. The van der Waals surface area contributed by atoms with Crippen molar-refractivity contribution >= 4 is 12.0 Å². The Morgan fingerprint density at radius 3 is 2.65 bits per heavy atom. The molecule has 0 atom stereocenters. The Morgan fingerprint density at radius 1 is 1.35 bits per heavy atom. The maximum Gasteiger partial charge on any atom is 0.330 e. The van der Waals surface area contributed by atoms with Gasteiger partial charge in [0.15, 0.2) is 11.6 Å². The van der Waals surface area contributed by atoms with E-state index in [-0.39, 0.29) is 17.9 Å². The van der Waals surface area contributed by atoms with Crippen LogP contribution in [0.2, 0.25) is 0 Å². The summed E-state index contributed by atoms with van der Waals surface area (Å²) >= 11 is 0. The van der Waals surface area contributed by atoms with Crippen molar-refractivity contribution in [3.05, 3.63) is 35.4 Å². The molecule has 0 unspecified atom stereocenters. The van der Waals surface area contributed by atoms with E-state index in [4.69, 9.17) is 0 Å². The molecular formula is C12H12F2O3. The van der Waals surface area contributed by atoms with Gasteiger partial charge in [-0.15, -0.1) is 0 Å². The zero-order chi connectivity index (χ0) is 12.8. The predicted octanol–water partition coefficient (Wildman–Crippen LogP) is 2.55. The molecule has 17 heavy (non-hydrogen) atoms. The van der Waals surface area contributed by atoms with Crippen molar-refractivity contribution in [1.82, 2.24) is 0 Å². The largest absolute Gasteiger partial charge is 0.494 e. The molecule has 1 aromatic carbocycles. The van der Waals surface area contributed by atoms with Crippen LogP contribution in [-0.2, 0) is 9.53 Å². The summed E-state index contributed by atoms with van der Waals surface area (Å²) in [6.45, 7) is 1.88. The molecule has 0 amide bonds. The molecule has 0 N–H and O–H groups in total. The van der Waals surface area contributed by atoms with E-state index in [0.717, 1.165) is 24.3 Å². The van der Waals surface area contributed by atoms with Gasteiger partial charge in [0.2, 0.25) is 0 Å². The molecule has 0 aliphatic carbocycles. The van der Waals surface area contributed by atoms with Crippen LogP contribution in [0.25, 0.3) is 6.08 Å². The van der Waals surface area contributed by atoms with Gasteiger partial charge in [0.25, 0.3) is 0 Å². The number of halogens is 2. The lowest BCUT2D eigenvalue weighted by Gasteiger charge is -2.03. The number of carbonyl (C=O) groups is 1. The first-order valence-electron chi connectivity index (χ1n) is 4.96. The number of methoxy groups -OCH3 is 1. The second kappa shape index (κ2) is 5.98. The summed E-state index contributed by atoms with van der Waals surface area (Å²) in [5.41, 5.74) is -0.0450. The van der Waals surface area contributed by atoms with Crippen LogP contribution in [0.1, 0.15) is 12.5 Å². The van der Waals surface area contributed by atoms with Gasteiger partial charge < -0.3 is 9.47 Å². The van der Waals surface area contributed by atoms with Gasteiger partial charge in [-0.25, -0.2) is 13.6 Å². The summed E-state index contributed by atoms with van der Waals surface area (Å²) in [7, 11) is 1.24. The summed E-state index contributed by atoms with van der Waals surface area (Å²) in [4.78, 5) is 11.0. The van der Waals surface area contributed by atoms with Gasteiger partial charge in [0.1, 0.15) is 5.82 Å². The van der Waals surface area contributed by atoms with Crippen LogP contribution >= 0.6 is 0 Å². The minimum absolute atomic E-state index is 0.0450. The van der Waals surface area contributed by atoms with Gasteiger partial charge in [0, 0.05) is 17.7 Å². The van der Waals surface area contributed by atoms with Gasteiger partial charge in [-0.3, -0.25) is 0 Å². The highest BCUT2D eigenvalue weighted by Gasteiger charge is 2.08. The van der Waals surface area contributed by atoms with Crippen molar-refractivity contribution < 1.29 is 23.0 Å². The normalized spacial score (nSPS) is 10.6. The average molecular weight is 242 g/mol. The van der Waals surface area contributed by atoms with E-state index < -0.39 is 17.6 Å². The number of benzene rings is 1. The molecule has 3 nitrogen and oxygen atoms in total. The number of ether oxygens (including phenoxy) is 2. The fourth-order valence-corrected chi connectivity index (χ4v) is 1.18. The van der Waals surface area contributed by atoms with Crippen LogP contribution in [0.4, 0.5) is 8.78 Å². The Bertz CT molecular complexity index is 442. The molecule has 0 spiro atoms. The second-order valence-electron chi connectivity index (χ2n) is 3.09. The highest BCUT2D eigenvalue weighted by atomic mass is 19.1. The van der Waals surface area contributed by atoms with E-state index in [0.29, 0.717) is 0 Å². The maximum absolute atomic E-state index is 13.4. The lowest BCUT2D eigenvalue weighted by Crippen LogP contribution is -1.99. The van der Waals surface area contributed by atoms with E-state index in [1.807, 2.05) is 0 Å². The van der Waals surface area contributed by atoms with E-state index in [1.165, 1.54) is 7.11 Å². The van der Waals surface area contributed by atoms with Crippen LogP contribution in [0.3, 0.4) is 0 Å². The molecule has 1 rings (SSSR count). The van der Waals surface area contributed by atoms with Crippen molar-refractivity contribution in [2.75, 3.05) is 13.7 Å². The first kappa shape index (κ1) is 13.2. The van der Waals surface area contributed by atoms with E-state index in [9.17, 15) is 13.6 Å². The van der Waals surface area contributed by atoms with Gasteiger partial charge in [-0.05, 0) is 19.1 Å². The standard InChI is InChI=1S/C12H12F2O3/c1-3-17-12(15)5-4-8-6-10(14)11(16-2)7-9(8)13/h4-7H,3H2,1-2H3/b5-4-. The third-order valence-electron chi connectivity index (χ3n) is 1.96. The lowest BCUT2D eigenvalue weighted by molar-refractivity contribution is -0.137. The molecule has 0 saturated heterocycles. The average Bonchev–Trinajstić information content (AvgIpc) is 2.30. The molecule has 0 fully saturated rings. The van der Waals surface area contributed by atoms with E-state index in [2.05, 4.69) is 9.47 Å². The zero-order valence-corrected chi connectivity index (χ0v) is 9.50. The molecule has 0 aliphatic rings. The second-order valence-corrected chi connectivity index (χ2v) is 3.09. The topological polar surface area (TPSA) is 35.5 Å². The molecule has 0 bridgehead atoms. The van der Waals surface area contributed by atoms with Gasteiger partial charge in [0.05, 0.1) is 13.7 Å². The van der Waals surface area contributed by atoms with Crippen LogP contribution in [0, 0.1) is 11.6 Å². The van der Waals surface area contributed by atoms with Crippen molar-refractivity contribution in [2.24, 2.45) is 0 Å². The Labute approximate surface area is 97.7 Å². The van der Waals surface area contributed by atoms with Crippen molar-refractivity contribution in [2.45, 2.75) is 6.92 Å². The van der Waals surface area contributed by atoms with Crippen LogP contribution in [0.5, 0.6) is 5.75 Å². The fourth-order valence-electron chi connectivity index (χ4n) is 1.18. The molecule has 0 aliphatic heterocycles. The Balaban J connectivity index is 2.92. The molecule has 0 aromatic heterocycles. The van der Waals surface area contributed by atoms with Crippen LogP contribution < -0.4 is 4.74 Å². The molecular weight excluding hydrogens is 230 g/mol. The molecule has 0 radical (unpaired) electrons. The number of carbonyl (C=O) groups excluding carboxylic acids is 1. The molecule has 92 valence electrons. The van der Waals surface area contributed by atoms with Crippen LogP contribution in [0.15, 0.2) is 18.2 Å². The molecule has 5 heteroatoms. The quantitative estimate of drug-likeness (QED) is 0.601. The highest BCUT2D eigenvalue weighted by molar-refractivity contribution is 5.87. The SMILES string of the molecule is CCOC(=O)/C=C\c1cc(F)c(OC)cc1F. The first-order valence-corrected chi connectivity index (χ1v) is 4.96. The third kappa shape index (κ3) is 3.55. The fraction of sp³-hybridized carbons (Fsp3) is 0.250. The number of hydrogen-bond donors (Lipinski definition) is 0. The summed E-state index contributed by atoms with van der Waals surface area (Å²) < 4.78 is 35.9. The minimum atomic E-state index is -0.697. The smallest absolute Gasteiger partial charge is 0.330 e. The highest BCUT2D eigenvalue weighted by Crippen LogP contribution is 2.21. The van der Waals surface area contributed by atoms with E-state index >= 15 is 0 Å². The summed E-state index contributed by atoms with van der Waals surface area (Å²) in [6, 6.07) is 1.87. The molecule has 0 saturated carbocycles. The van der Waals surface area contributed by atoms with Crippen molar-refractivity contribution in [3.63, 3.8) is 0 Å². The zero-order valence-electron chi connectivity index (χ0n) is 9.50. The maximum atomic E-state index is 13.4. The predicted molar refractivity (Wildman–Crippen MR) is 58.6 cm³/mol. The monoisotopic (exact) mass is 242 g/mol. The third-order valence-corrected chi connectivity index (χ3v) is 1.96. The molecule has 1 aromatic rings. The Hall–Kier alpha value is -1.91. The van der Waals surface area contributed by atoms with Crippen LogP contribution in [-0.4, -0.2) is 19.7 Å². The van der Waals surface area contributed by atoms with Crippen molar-refractivity contribution in [3.8, 4) is 5.75 Å². The Morgan fingerprint density at radius 2 is 2.06 bits per heavy atom. The lowest BCUT2D eigenvalue weighted by atomic mass is 10.2. The molecule has 0 heterocycles. The van der Waals surface area contributed by atoms with Gasteiger partial charge >= 0.3 is 5.97 Å². The summed E-state index contributed by atoms with van der Waals surface area (Å²) in [5, 5.41) is 0. The number of rotatable bonds is 4. The minimum Gasteiger partial charge on any atom is -0.494 e. The van der Waals surface area contributed by atoms with E-state index in [1.54, 1.807) is 6.92 Å². The number of hydrogen-bond acceptors (Lipinski definition) is 3.